The highest BCUT2D eigenvalue weighted by Crippen LogP contribution is 2.48. The van der Waals surface area contributed by atoms with Crippen molar-refractivity contribution < 1.29 is 14.3 Å². The third-order valence-corrected chi connectivity index (χ3v) is 8.17. The van der Waals surface area contributed by atoms with E-state index in [1.165, 1.54) is 0 Å². The Morgan fingerprint density at radius 3 is 2.53 bits per heavy atom. The van der Waals surface area contributed by atoms with Gasteiger partial charge in [-0.25, -0.2) is 0 Å². The van der Waals surface area contributed by atoms with Crippen LogP contribution >= 0.6 is 15.9 Å². The maximum atomic E-state index is 14.2. The number of nitrogens with zero attached hydrogens (tertiary/aromatic N) is 2. The summed E-state index contributed by atoms with van der Waals surface area (Å²) in [6.07, 6.45) is 0. The number of piperazine rings is 1. The average molecular weight is 544 g/mol. The number of benzene rings is 3. The Balaban J connectivity index is 1.49. The van der Waals surface area contributed by atoms with Crippen LogP contribution in [0.5, 0.6) is 5.75 Å². The number of ether oxygens (including phenoxy) is 1. The predicted molar refractivity (Wildman–Crippen MR) is 142 cm³/mol. The van der Waals surface area contributed by atoms with E-state index >= 15 is 0 Å². The van der Waals surface area contributed by atoms with Crippen molar-refractivity contribution in [3.63, 3.8) is 0 Å². The number of carbonyl (C=O) groups excluding carboxylic acids is 2. The predicted octanol–water partition coefficient (Wildman–Crippen LogP) is 5.17. The van der Waals surface area contributed by atoms with Crippen LogP contribution in [0, 0.1) is 0 Å². The number of amides is 2. The van der Waals surface area contributed by atoms with Crippen LogP contribution in [0.1, 0.15) is 35.2 Å². The zero-order chi connectivity index (χ0) is 25.0. The summed E-state index contributed by atoms with van der Waals surface area (Å²) in [6.45, 7) is 2.67. The van der Waals surface area contributed by atoms with E-state index in [1.54, 1.807) is 16.9 Å². The second kappa shape index (κ2) is 8.52. The summed E-state index contributed by atoms with van der Waals surface area (Å²) in [5, 5.41) is 1.09. The van der Waals surface area contributed by atoms with Gasteiger partial charge < -0.3 is 19.5 Å². The standard InChI is InChI=1S/C29H26BrN3O3/c1-29-27-26(21-8-4-5-9-23(21)31-27)22(18-11-13-20(30)14-12-18)16-33(29)25(34)17-32(28(29)35)15-19-7-3-6-10-24(19)36-2/h3-14,22,31H,15-17H2,1-2H3/t22?,29-/m0/s1. The normalized spacial score (nSPS) is 21.5. The molecule has 3 aromatic carbocycles. The molecule has 2 aliphatic rings. The number of H-pyrrole nitrogens is 1. The highest BCUT2D eigenvalue weighted by atomic mass is 79.9. The summed E-state index contributed by atoms with van der Waals surface area (Å²) < 4.78 is 6.51. The number of carbonyl (C=O) groups is 2. The first-order valence-corrected chi connectivity index (χ1v) is 12.8. The molecule has 1 N–H and O–H groups in total. The monoisotopic (exact) mass is 543 g/mol. The summed E-state index contributed by atoms with van der Waals surface area (Å²) >= 11 is 3.53. The fourth-order valence-corrected chi connectivity index (χ4v) is 6.10. The molecule has 6 nitrogen and oxygen atoms in total. The lowest BCUT2D eigenvalue weighted by molar-refractivity contribution is -0.166. The number of rotatable bonds is 4. The molecule has 0 spiro atoms. The number of methoxy groups -OCH3 is 1. The number of aromatic nitrogens is 1. The van der Waals surface area contributed by atoms with E-state index in [0.29, 0.717) is 18.8 Å². The minimum Gasteiger partial charge on any atom is -0.496 e. The Labute approximate surface area is 218 Å². The molecule has 6 rings (SSSR count). The molecule has 2 amide bonds. The molecular formula is C29H26BrN3O3. The van der Waals surface area contributed by atoms with Gasteiger partial charge >= 0.3 is 0 Å². The smallest absolute Gasteiger partial charge is 0.255 e. The molecule has 182 valence electrons. The molecule has 1 unspecified atom stereocenters. The summed E-state index contributed by atoms with van der Waals surface area (Å²) in [7, 11) is 1.62. The van der Waals surface area contributed by atoms with Gasteiger partial charge in [0.05, 0.1) is 12.8 Å². The Hall–Kier alpha value is -3.58. The summed E-state index contributed by atoms with van der Waals surface area (Å²) in [6, 6.07) is 24.0. The Bertz CT molecular complexity index is 1500. The quantitative estimate of drug-likeness (QED) is 0.386. The van der Waals surface area contributed by atoms with Gasteiger partial charge in [0.15, 0.2) is 5.54 Å². The lowest BCUT2D eigenvalue weighted by atomic mass is 9.76. The van der Waals surface area contributed by atoms with Crippen LogP contribution in [0.25, 0.3) is 10.9 Å². The molecular weight excluding hydrogens is 518 g/mol. The zero-order valence-corrected chi connectivity index (χ0v) is 21.7. The van der Waals surface area contributed by atoms with Gasteiger partial charge in [0.2, 0.25) is 5.91 Å². The number of halogens is 1. The fraction of sp³-hybridized carbons (Fsp3) is 0.241. The second-order valence-electron chi connectivity index (χ2n) is 9.61. The zero-order valence-electron chi connectivity index (χ0n) is 20.1. The first-order chi connectivity index (χ1) is 17.4. The molecule has 7 heteroatoms. The van der Waals surface area contributed by atoms with Crippen LogP contribution in [0.3, 0.4) is 0 Å². The van der Waals surface area contributed by atoms with Gasteiger partial charge in [-0.2, -0.15) is 0 Å². The number of fused-ring (bicyclic) bond motifs is 5. The van der Waals surface area contributed by atoms with Crippen molar-refractivity contribution >= 4 is 38.6 Å². The molecule has 1 aromatic heterocycles. The first-order valence-electron chi connectivity index (χ1n) is 12.0. The summed E-state index contributed by atoms with van der Waals surface area (Å²) in [5.74, 6) is 0.513. The van der Waals surface area contributed by atoms with E-state index in [-0.39, 0.29) is 24.3 Å². The van der Waals surface area contributed by atoms with Crippen LogP contribution in [0.2, 0.25) is 0 Å². The maximum absolute atomic E-state index is 14.2. The topological polar surface area (TPSA) is 65.6 Å². The average Bonchev–Trinajstić information content (AvgIpc) is 3.29. The molecule has 36 heavy (non-hydrogen) atoms. The SMILES string of the molecule is COc1ccccc1CN1CC(=O)N2CC(c3ccc(Br)cc3)c3c([nH]c4ccccc34)[C@@]2(C)C1=O. The molecule has 2 aliphatic heterocycles. The van der Waals surface area contributed by atoms with Crippen LogP contribution in [-0.2, 0) is 21.7 Å². The third-order valence-electron chi connectivity index (χ3n) is 7.64. The molecule has 3 heterocycles. The van der Waals surface area contributed by atoms with Crippen molar-refractivity contribution in [3.05, 3.63) is 99.7 Å². The highest BCUT2D eigenvalue weighted by Gasteiger charge is 2.56. The van der Waals surface area contributed by atoms with E-state index in [9.17, 15) is 9.59 Å². The maximum Gasteiger partial charge on any atom is 0.255 e. The molecule has 0 bridgehead atoms. The Morgan fingerprint density at radius 2 is 1.75 bits per heavy atom. The van der Waals surface area contributed by atoms with Gasteiger partial charge in [0.25, 0.3) is 5.91 Å². The van der Waals surface area contributed by atoms with E-state index in [1.807, 2.05) is 61.5 Å². The minimum absolute atomic E-state index is 0.0368. The second-order valence-corrected chi connectivity index (χ2v) is 10.5. The van der Waals surface area contributed by atoms with Crippen LogP contribution in [0.15, 0.2) is 77.3 Å². The van der Waals surface area contributed by atoms with E-state index in [2.05, 4.69) is 39.1 Å². The number of hydrogen-bond donors (Lipinski definition) is 1. The fourth-order valence-electron chi connectivity index (χ4n) is 5.84. The van der Waals surface area contributed by atoms with Gasteiger partial charge in [-0.3, -0.25) is 9.59 Å². The van der Waals surface area contributed by atoms with Crippen LogP contribution in [-0.4, -0.2) is 46.8 Å². The highest BCUT2D eigenvalue weighted by molar-refractivity contribution is 9.10. The van der Waals surface area contributed by atoms with E-state index in [4.69, 9.17) is 4.74 Å². The lowest BCUT2D eigenvalue weighted by Gasteiger charge is -2.51. The van der Waals surface area contributed by atoms with Crippen molar-refractivity contribution in [2.24, 2.45) is 0 Å². The molecule has 4 aromatic rings. The number of para-hydroxylation sites is 2. The van der Waals surface area contributed by atoms with Crippen molar-refractivity contribution in [1.29, 1.82) is 0 Å². The molecule has 2 atom stereocenters. The van der Waals surface area contributed by atoms with Crippen LogP contribution < -0.4 is 4.74 Å². The van der Waals surface area contributed by atoms with E-state index in [0.717, 1.165) is 37.8 Å². The summed E-state index contributed by atoms with van der Waals surface area (Å²) in [5.41, 5.74) is 3.71. The molecule has 0 radical (unpaired) electrons. The minimum atomic E-state index is -1.13. The van der Waals surface area contributed by atoms with Gasteiger partial charge in [-0.05, 0) is 42.3 Å². The van der Waals surface area contributed by atoms with Gasteiger partial charge in [0, 0.05) is 39.9 Å². The number of hydrogen-bond acceptors (Lipinski definition) is 3. The van der Waals surface area contributed by atoms with Gasteiger partial charge in [0.1, 0.15) is 12.3 Å². The Kier molecular flexibility index (Phi) is 5.41. The van der Waals surface area contributed by atoms with Crippen molar-refractivity contribution in [1.82, 2.24) is 14.8 Å². The Morgan fingerprint density at radius 1 is 1.03 bits per heavy atom. The molecule has 1 saturated heterocycles. The van der Waals surface area contributed by atoms with Crippen molar-refractivity contribution in [2.45, 2.75) is 24.9 Å². The third kappa shape index (κ3) is 3.37. The van der Waals surface area contributed by atoms with E-state index < -0.39 is 5.54 Å². The molecule has 1 fully saturated rings. The summed E-state index contributed by atoms with van der Waals surface area (Å²) in [4.78, 5) is 34.9. The first kappa shape index (κ1) is 22.9. The lowest BCUT2D eigenvalue weighted by Crippen LogP contribution is -2.67. The van der Waals surface area contributed by atoms with Crippen LogP contribution in [0.4, 0.5) is 0 Å². The number of nitrogens with one attached hydrogen (secondary N) is 1. The van der Waals surface area contributed by atoms with Crippen molar-refractivity contribution in [3.8, 4) is 5.75 Å². The molecule has 0 aliphatic carbocycles. The van der Waals surface area contributed by atoms with Crippen molar-refractivity contribution in [2.75, 3.05) is 20.2 Å². The largest absolute Gasteiger partial charge is 0.496 e. The van der Waals surface area contributed by atoms with Gasteiger partial charge in [-0.1, -0.05) is 64.5 Å². The van der Waals surface area contributed by atoms with Gasteiger partial charge in [-0.15, -0.1) is 0 Å². The number of aromatic amines is 1. The molecule has 0 saturated carbocycles.